The number of carbonyl (C=O) groups is 1. The number of sulfone groups is 1. The molecule has 3 heterocycles. The van der Waals surface area contributed by atoms with E-state index >= 15 is 0 Å². The average Bonchev–Trinajstić information content (AvgIpc) is 3.22. The summed E-state index contributed by atoms with van der Waals surface area (Å²) in [6.07, 6.45) is 3.12. The Morgan fingerprint density at radius 2 is 2.11 bits per heavy atom. The molecule has 1 amide bonds. The van der Waals surface area contributed by atoms with Gasteiger partial charge < -0.3 is 5.32 Å². The first-order valence-corrected chi connectivity index (χ1v) is 10.6. The summed E-state index contributed by atoms with van der Waals surface area (Å²) in [5.41, 5.74) is 1.55. The van der Waals surface area contributed by atoms with Crippen LogP contribution in [0.4, 0.5) is 5.69 Å². The van der Waals surface area contributed by atoms with E-state index in [1.165, 1.54) is 21.8 Å². The van der Waals surface area contributed by atoms with Gasteiger partial charge in [-0.05, 0) is 25.0 Å². The van der Waals surface area contributed by atoms with Gasteiger partial charge in [-0.3, -0.25) is 14.2 Å². The van der Waals surface area contributed by atoms with Crippen molar-refractivity contribution in [2.45, 2.75) is 25.9 Å². The van der Waals surface area contributed by atoms with Crippen LogP contribution < -0.4 is 10.9 Å². The Morgan fingerprint density at radius 3 is 2.82 bits per heavy atom. The number of carbonyl (C=O) groups excluding carboxylic acids is 1. The van der Waals surface area contributed by atoms with Gasteiger partial charge in [0, 0.05) is 5.69 Å². The highest BCUT2D eigenvalue weighted by Crippen LogP contribution is 2.25. The number of fused-ring (bicyclic) bond motifs is 1. The van der Waals surface area contributed by atoms with E-state index in [0.29, 0.717) is 17.8 Å². The molecule has 0 bridgehead atoms. The zero-order valence-corrected chi connectivity index (χ0v) is 16.0. The molecule has 1 fully saturated rings. The molecule has 1 aliphatic rings. The molecule has 1 saturated heterocycles. The molecule has 4 rings (SSSR count). The van der Waals surface area contributed by atoms with Crippen molar-refractivity contribution < 1.29 is 13.2 Å². The smallest absolute Gasteiger partial charge is 0.264 e. The summed E-state index contributed by atoms with van der Waals surface area (Å²) in [5.74, 6) is -0.241. The van der Waals surface area contributed by atoms with Crippen molar-refractivity contribution in [1.82, 2.24) is 19.3 Å². The van der Waals surface area contributed by atoms with Crippen LogP contribution in [0.2, 0.25) is 0 Å². The number of rotatable bonds is 4. The van der Waals surface area contributed by atoms with Crippen molar-refractivity contribution in [3.05, 3.63) is 52.7 Å². The molecule has 1 aliphatic heterocycles. The minimum Gasteiger partial charge on any atom is -0.324 e. The average molecular weight is 401 g/mol. The monoisotopic (exact) mass is 401 g/mol. The lowest BCUT2D eigenvalue weighted by atomic mass is 10.2. The zero-order valence-electron chi connectivity index (χ0n) is 15.2. The fourth-order valence-electron chi connectivity index (χ4n) is 3.37. The quantitative estimate of drug-likeness (QED) is 0.694. The zero-order chi connectivity index (χ0) is 19.9. The molecule has 0 aliphatic carbocycles. The molecular formula is C18H19N5O4S. The first-order valence-electron chi connectivity index (χ1n) is 8.82. The van der Waals surface area contributed by atoms with Crippen molar-refractivity contribution in [1.29, 1.82) is 0 Å². The van der Waals surface area contributed by atoms with E-state index in [1.807, 2.05) is 25.1 Å². The SMILES string of the molecule is Cc1ccccc1NC(=O)Cn1cnc2c(cnn2C2CCS(=O)(=O)C2)c1=O. The predicted molar refractivity (Wildman–Crippen MR) is 104 cm³/mol. The third-order valence-corrected chi connectivity index (χ3v) is 6.62. The summed E-state index contributed by atoms with van der Waals surface area (Å²) in [7, 11) is -3.08. The minimum atomic E-state index is -3.08. The molecule has 2 aromatic heterocycles. The molecule has 0 spiro atoms. The molecule has 0 radical (unpaired) electrons. The number of aromatic nitrogens is 4. The lowest BCUT2D eigenvalue weighted by Crippen LogP contribution is -2.28. The van der Waals surface area contributed by atoms with Crippen molar-refractivity contribution in [2.24, 2.45) is 0 Å². The van der Waals surface area contributed by atoms with Crippen molar-refractivity contribution >= 4 is 32.5 Å². The Bertz CT molecular complexity index is 1230. The first-order chi connectivity index (χ1) is 13.3. The number of amides is 1. The second-order valence-electron chi connectivity index (χ2n) is 6.92. The van der Waals surface area contributed by atoms with Crippen LogP contribution in [0.1, 0.15) is 18.0 Å². The lowest BCUT2D eigenvalue weighted by Gasteiger charge is -2.11. The Kier molecular flexibility index (Phi) is 4.50. The highest BCUT2D eigenvalue weighted by Gasteiger charge is 2.31. The maximum atomic E-state index is 12.7. The van der Waals surface area contributed by atoms with Crippen LogP contribution in [0.25, 0.3) is 11.0 Å². The van der Waals surface area contributed by atoms with Crippen molar-refractivity contribution in [3.63, 3.8) is 0 Å². The van der Waals surface area contributed by atoms with Gasteiger partial charge in [0.05, 0.1) is 23.7 Å². The van der Waals surface area contributed by atoms with Gasteiger partial charge in [-0.25, -0.2) is 18.1 Å². The van der Waals surface area contributed by atoms with Crippen LogP contribution in [0, 0.1) is 6.92 Å². The molecule has 10 heteroatoms. The molecule has 146 valence electrons. The van der Waals surface area contributed by atoms with Gasteiger partial charge in [-0.2, -0.15) is 5.10 Å². The van der Waals surface area contributed by atoms with E-state index in [9.17, 15) is 18.0 Å². The van der Waals surface area contributed by atoms with E-state index in [-0.39, 0.29) is 35.4 Å². The fourth-order valence-corrected chi connectivity index (χ4v) is 5.06. The third kappa shape index (κ3) is 3.42. The Hall–Kier alpha value is -3.01. The number of benzene rings is 1. The highest BCUT2D eigenvalue weighted by atomic mass is 32.2. The van der Waals surface area contributed by atoms with Gasteiger partial charge >= 0.3 is 0 Å². The minimum absolute atomic E-state index is 0.00657. The van der Waals surface area contributed by atoms with E-state index in [2.05, 4.69) is 15.4 Å². The van der Waals surface area contributed by atoms with Crippen LogP contribution in [0.15, 0.2) is 41.6 Å². The molecule has 0 saturated carbocycles. The molecule has 1 atom stereocenters. The summed E-state index contributed by atoms with van der Waals surface area (Å²) >= 11 is 0. The van der Waals surface area contributed by atoms with Crippen LogP contribution in [0.3, 0.4) is 0 Å². The maximum Gasteiger partial charge on any atom is 0.264 e. The Morgan fingerprint density at radius 1 is 1.32 bits per heavy atom. The highest BCUT2D eigenvalue weighted by molar-refractivity contribution is 7.91. The van der Waals surface area contributed by atoms with Gasteiger partial charge in [0.25, 0.3) is 5.56 Å². The maximum absolute atomic E-state index is 12.7. The summed E-state index contributed by atoms with van der Waals surface area (Å²) < 4.78 is 26.1. The Balaban J connectivity index is 1.58. The molecule has 1 aromatic carbocycles. The van der Waals surface area contributed by atoms with Crippen molar-refractivity contribution in [3.8, 4) is 0 Å². The number of hydrogen-bond donors (Lipinski definition) is 1. The fraction of sp³-hybridized carbons (Fsp3) is 0.333. The van der Waals surface area contributed by atoms with Crippen LogP contribution in [-0.4, -0.2) is 45.2 Å². The second-order valence-corrected chi connectivity index (χ2v) is 9.15. The number of nitrogens with one attached hydrogen (secondary N) is 1. The van der Waals surface area contributed by atoms with Gasteiger partial charge in [0.1, 0.15) is 18.3 Å². The number of hydrogen-bond acceptors (Lipinski definition) is 6. The van der Waals surface area contributed by atoms with Gasteiger partial charge in [-0.1, -0.05) is 18.2 Å². The van der Waals surface area contributed by atoms with E-state index < -0.39 is 15.4 Å². The number of aryl methyl sites for hydroxylation is 1. The molecular weight excluding hydrogens is 382 g/mol. The van der Waals surface area contributed by atoms with E-state index in [4.69, 9.17) is 0 Å². The summed E-state index contributed by atoms with van der Waals surface area (Å²) in [5, 5.41) is 7.22. The summed E-state index contributed by atoms with van der Waals surface area (Å²) in [6.45, 7) is 1.70. The predicted octanol–water partition coefficient (Wildman–Crippen LogP) is 0.900. The second kappa shape index (κ2) is 6.86. The van der Waals surface area contributed by atoms with Gasteiger partial charge in [0.15, 0.2) is 15.5 Å². The van der Waals surface area contributed by atoms with E-state index in [1.54, 1.807) is 6.07 Å². The normalized spacial score (nSPS) is 18.4. The first kappa shape index (κ1) is 18.4. The summed E-state index contributed by atoms with van der Waals surface area (Å²) in [6, 6.07) is 7.04. The number of para-hydroxylation sites is 1. The van der Waals surface area contributed by atoms with Crippen molar-refractivity contribution in [2.75, 3.05) is 16.8 Å². The van der Waals surface area contributed by atoms with Crippen LogP contribution in [-0.2, 0) is 21.2 Å². The third-order valence-electron chi connectivity index (χ3n) is 4.87. The molecule has 3 aromatic rings. The number of nitrogens with zero attached hydrogens (tertiary/aromatic N) is 4. The van der Waals surface area contributed by atoms with E-state index in [0.717, 1.165) is 5.56 Å². The summed E-state index contributed by atoms with van der Waals surface area (Å²) in [4.78, 5) is 29.3. The number of anilines is 1. The Labute approximate surface area is 160 Å². The largest absolute Gasteiger partial charge is 0.324 e. The molecule has 1 N–H and O–H groups in total. The topological polar surface area (TPSA) is 116 Å². The lowest BCUT2D eigenvalue weighted by molar-refractivity contribution is -0.116. The van der Waals surface area contributed by atoms with Gasteiger partial charge in [0.2, 0.25) is 5.91 Å². The van der Waals surface area contributed by atoms with Crippen LogP contribution >= 0.6 is 0 Å². The standard InChI is InChI=1S/C18H19N5O4S/c1-12-4-2-3-5-15(12)21-16(24)9-22-11-19-17-14(18(22)25)8-20-23(17)13-6-7-28(26,27)10-13/h2-5,8,11,13H,6-7,9-10H2,1H3,(H,21,24). The molecule has 9 nitrogen and oxygen atoms in total. The van der Waals surface area contributed by atoms with Gasteiger partial charge in [-0.15, -0.1) is 0 Å². The van der Waals surface area contributed by atoms with Crippen LogP contribution in [0.5, 0.6) is 0 Å². The molecule has 28 heavy (non-hydrogen) atoms. The molecule has 1 unspecified atom stereocenters.